The Morgan fingerprint density at radius 2 is 1.69 bits per heavy atom. The van der Waals surface area contributed by atoms with Crippen LogP contribution in [0.15, 0.2) is 54.7 Å². The van der Waals surface area contributed by atoms with Crippen LogP contribution in [0.25, 0.3) is 11.0 Å². The minimum atomic E-state index is -0.968. The SMILES string of the molecule is COC(=O)c1cccc(C(=O)N[C@@H](Cc2cnc3ccccc3n2)C(=O)OC)c1. The van der Waals surface area contributed by atoms with Gasteiger partial charge in [-0.3, -0.25) is 9.78 Å². The molecule has 0 aliphatic heterocycles. The normalized spacial score (nSPS) is 11.5. The van der Waals surface area contributed by atoms with E-state index in [-0.39, 0.29) is 17.5 Å². The first-order chi connectivity index (χ1) is 14.0. The molecule has 0 saturated carbocycles. The molecule has 0 radical (unpaired) electrons. The summed E-state index contributed by atoms with van der Waals surface area (Å²) in [7, 11) is 2.50. The zero-order chi connectivity index (χ0) is 20.8. The zero-order valence-corrected chi connectivity index (χ0v) is 15.9. The van der Waals surface area contributed by atoms with Crippen molar-refractivity contribution in [1.82, 2.24) is 15.3 Å². The highest BCUT2D eigenvalue weighted by Crippen LogP contribution is 2.11. The number of fused-ring (bicyclic) bond motifs is 1. The smallest absolute Gasteiger partial charge is 0.337 e. The molecule has 1 atom stereocenters. The highest BCUT2D eigenvalue weighted by atomic mass is 16.5. The van der Waals surface area contributed by atoms with Gasteiger partial charge in [0.2, 0.25) is 0 Å². The summed E-state index contributed by atoms with van der Waals surface area (Å²) in [5, 5.41) is 2.63. The molecule has 0 saturated heterocycles. The van der Waals surface area contributed by atoms with Crippen LogP contribution in [0.2, 0.25) is 0 Å². The molecule has 1 amide bonds. The van der Waals surface area contributed by atoms with E-state index < -0.39 is 23.9 Å². The van der Waals surface area contributed by atoms with Crippen molar-refractivity contribution in [3.8, 4) is 0 Å². The van der Waals surface area contributed by atoms with Crippen molar-refractivity contribution in [2.75, 3.05) is 14.2 Å². The summed E-state index contributed by atoms with van der Waals surface area (Å²) < 4.78 is 9.47. The van der Waals surface area contributed by atoms with Gasteiger partial charge in [0, 0.05) is 18.2 Å². The number of hydrogen-bond acceptors (Lipinski definition) is 7. The standard InChI is InChI=1S/C21H19N3O5/c1-28-20(26)14-7-5-6-13(10-14)19(25)24-18(21(27)29-2)11-15-12-22-16-8-3-4-9-17(16)23-15/h3-10,12,18H,11H2,1-2H3,(H,24,25)/t18-/m0/s1. The summed E-state index contributed by atoms with van der Waals surface area (Å²) in [6.45, 7) is 0. The molecule has 3 rings (SSSR count). The molecular formula is C21H19N3O5. The van der Waals surface area contributed by atoms with Crippen molar-refractivity contribution in [2.45, 2.75) is 12.5 Å². The lowest BCUT2D eigenvalue weighted by molar-refractivity contribution is -0.142. The van der Waals surface area contributed by atoms with Crippen LogP contribution in [0.3, 0.4) is 0 Å². The van der Waals surface area contributed by atoms with Gasteiger partial charge < -0.3 is 14.8 Å². The van der Waals surface area contributed by atoms with Crippen LogP contribution in [-0.4, -0.2) is 48.1 Å². The average molecular weight is 393 g/mol. The fourth-order valence-corrected chi connectivity index (χ4v) is 2.79. The Balaban J connectivity index is 1.80. The predicted molar refractivity (Wildman–Crippen MR) is 104 cm³/mol. The van der Waals surface area contributed by atoms with E-state index in [1.165, 1.54) is 32.4 Å². The molecule has 0 unspecified atom stereocenters. The number of aromatic nitrogens is 2. The zero-order valence-electron chi connectivity index (χ0n) is 15.9. The second-order valence-corrected chi connectivity index (χ2v) is 6.18. The van der Waals surface area contributed by atoms with Crippen LogP contribution < -0.4 is 5.32 Å². The van der Waals surface area contributed by atoms with Crippen molar-refractivity contribution < 1.29 is 23.9 Å². The molecule has 1 N–H and O–H groups in total. The van der Waals surface area contributed by atoms with E-state index in [2.05, 4.69) is 20.0 Å². The molecule has 0 fully saturated rings. The minimum Gasteiger partial charge on any atom is -0.467 e. The molecule has 29 heavy (non-hydrogen) atoms. The number of carbonyl (C=O) groups is 3. The number of para-hydroxylation sites is 2. The van der Waals surface area contributed by atoms with Gasteiger partial charge in [0.1, 0.15) is 6.04 Å². The number of benzene rings is 2. The van der Waals surface area contributed by atoms with Gasteiger partial charge in [0.25, 0.3) is 5.91 Å². The first-order valence-electron chi connectivity index (χ1n) is 8.79. The highest BCUT2D eigenvalue weighted by molar-refractivity contribution is 5.99. The summed E-state index contributed by atoms with van der Waals surface area (Å²) in [5.41, 5.74) is 2.39. The number of carbonyl (C=O) groups excluding carboxylic acids is 3. The van der Waals surface area contributed by atoms with Crippen molar-refractivity contribution in [3.63, 3.8) is 0 Å². The molecule has 2 aromatic carbocycles. The second kappa shape index (κ2) is 8.92. The molecule has 0 spiro atoms. The summed E-state index contributed by atoms with van der Waals surface area (Å²) in [6, 6.07) is 12.4. The maximum atomic E-state index is 12.6. The molecule has 0 aliphatic rings. The van der Waals surface area contributed by atoms with Gasteiger partial charge in [-0.25, -0.2) is 14.6 Å². The Hall–Kier alpha value is -3.81. The number of nitrogens with one attached hydrogen (secondary N) is 1. The summed E-state index contributed by atoms with van der Waals surface area (Å²) in [5.74, 6) is -1.70. The summed E-state index contributed by atoms with van der Waals surface area (Å²) >= 11 is 0. The molecular weight excluding hydrogens is 374 g/mol. The monoisotopic (exact) mass is 393 g/mol. The molecule has 1 aromatic heterocycles. The van der Waals surface area contributed by atoms with Gasteiger partial charge in [-0.15, -0.1) is 0 Å². The van der Waals surface area contributed by atoms with Crippen molar-refractivity contribution in [1.29, 1.82) is 0 Å². The molecule has 8 nitrogen and oxygen atoms in total. The van der Waals surface area contributed by atoms with Gasteiger partial charge in [-0.05, 0) is 30.3 Å². The number of nitrogens with zero attached hydrogens (tertiary/aromatic N) is 2. The number of methoxy groups -OCH3 is 2. The third-order valence-electron chi connectivity index (χ3n) is 4.25. The van der Waals surface area contributed by atoms with Crippen molar-refractivity contribution in [3.05, 3.63) is 71.5 Å². The molecule has 0 aliphatic carbocycles. The topological polar surface area (TPSA) is 107 Å². The molecule has 1 heterocycles. The van der Waals surface area contributed by atoms with Crippen LogP contribution in [0.4, 0.5) is 0 Å². The lowest BCUT2D eigenvalue weighted by Crippen LogP contribution is -2.43. The average Bonchev–Trinajstić information content (AvgIpc) is 2.77. The van der Waals surface area contributed by atoms with Gasteiger partial charge in [0.05, 0.1) is 36.5 Å². The van der Waals surface area contributed by atoms with E-state index in [1.54, 1.807) is 12.3 Å². The van der Waals surface area contributed by atoms with Crippen LogP contribution in [0.5, 0.6) is 0 Å². The maximum absolute atomic E-state index is 12.6. The van der Waals surface area contributed by atoms with Crippen molar-refractivity contribution in [2.24, 2.45) is 0 Å². The third kappa shape index (κ3) is 4.73. The van der Waals surface area contributed by atoms with Gasteiger partial charge in [-0.1, -0.05) is 18.2 Å². The fraction of sp³-hybridized carbons (Fsp3) is 0.190. The maximum Gasteiger partial charge on any atom is 0.337 e. The summed E-state index contributed by atoms with van der Waals surface area (Å²) in [4.78, 5) is 45.3. The first-order valence-corrected chi connectivity index (χ1v) is 8.79. The van der Waals surface area contributed by atoms with E-state index in [4.69, 9.17) is 4.74 Å². The number of esters is 2. The lowest BCUT2D eigenvalue weighted by atomic mass is 10.1. The largest absolute Gasteiger partial charge is 0.467 e. The molecule has 0 bridgehead atoms. The van der Waals surface area contributed by atoms with E-state index in [0.29, 0.717) is 11.2 Å². The van der Waals surface area contributed by atoms with Gasteiger partial charge in [0.15, 0.2) is 0 Å². The minimum absolute atomic E-state index is 0.104. The predicted octanol–water partition coefficient (Wildman–Crippen LogP) is 1.93. The number of rotatable bonds is 6. The van der Waals surface area contributed by atoms with Gasteiger partial charge >= 0.3 is 11.9 Å². The Morgan fingerprint density at radius 3 is 2.41 bits per heavy atom. The van der Waals surface area contributed by atoms with Gasteiger partial charge in [-0.2, -0.15) is 0 Å². The van der Waals surface area contributed by atoms with E-state index in [1.807, 2.05) is 24.3 Å². The van der Waals surface area contributed by atoms with Crippen LogP contribution >= 0.6 is 0 Å². The number of ether oxygens (including phenoxy) is 2. The molecule has 148 valence electrons. The Bertz CT molecular complexity index is 1070. The lowest BCUT2D eigenvalue weighted by Gasteiger charge is -2.16. The van der Waals surface area contributed by atoms with Crippen LogP contribution in [0, 0.1) is 0 Å². The Labute approximate surface area is 166 Å². The Kier molecular flexibility index (Phi) is 6.13. The molecule has 8 heteroatoms. The van der Waals surface area contributed by atoms with E-state index in [0.717, 1.165) is 5.52 Å². The van der Waals surface area contributed by atoms with E-state index >= 15 is 0 Å². The quantitative estimate of drug-likeness (QED) is 0.638. The van der Waals surface area contributed by atoms with Crippen LogP contribution in [0.1, 0.15) is 26.4 Å². The number of amides is 1. The third-order valence-corrected chi connectivity index (χ3v) is 4.25. The highest BCUT2D eigenvalue weighted by Gasteiger charge is 2.24. The van der Waals surface area contributed by atoms with Crippen molar-refractivity contribution >= 4 is 28.9 Å². The number of hydrogen-bond donors (Lipinski definition) is 1. The molecule has 3 aromatic rings. The van der Waals surface area contributed by atoms with Crippen LogP contribution in [-0.2, 0) is 20.7 Å². The summed E-state index contributed by atoms with van der Waals surface area (Å²) in [6.07, 6.45) is 1.66. The Morgan fingerprint density at radius 1 is 0.966 bits per heavy atom. The second-order valence-electron chi connectivity index (χ2n) is 6.18. The van der Waals surface area contributed by atoms with E-state index in [9.17, 15) is 14.4 Å². The first kappa shape index (κ1) is 19.9. The fourth-order valence-electron chi connectivity index (χ4n) is 2.79.